The Balaban J connectivity index is 2.80. The third-order valence-corrected chi connectivity index (χ3v) is 2.37. The molecule has 3 nitrogen and oxygen atoms in total. The number of hydrogen-bond donors (Lipinski definition) is 3. The molecule has 1 aromatic carbocycles. The largest absolute Gasteiger partial charge is 0.398 e. The first-order chi connectivity index (χ1) is 6.22. The summed E-state index contributed by atoms with van der Waals surface area (Å²) in [5.74, 6) is 0. The van der Waals surface area contributed by atoms with E-state index in [4.69, 9.17) is 23.1 Å². The predicted molar refractivity (Wildman–Crippen MR) is 55.6 cm³/mol. The van der Waals surface area contributed by atoms with Gasteiger partial charge in [-0.3, -0.25) is 0 Å². The van der Waals surface area contributed by atoms with Gasteiger partial charge < -0.3 is 16.5 Å². The summed E-state index contributed by atoms with van der Waals surface area (Å²) in [5.41, 5.74) is 13.8. The molecular weight excluding hydrogens is 186 g/mol. The second-order valence-corrected chi connectivity index (χ2v) is 3.33. The Morgan fingerprint density at radius 2 is 2.15 bits per heavy atom. The van der Waals surface area contributed by atoms with Gasteiger partial charge >= 0.3 is 0 Å². The van der Waals surface area contributed by atoms with E-state index in [1.54, 1.807) is 12.1 Å². The lowest BCUT2D eigenvalue weighted by molar-refractivity contribution is 1.02. The average molecular weight is 196 g/mol. The zero-order valence-corrected chi connectivity index (χ0v) is 7.73. The maximum atomic E-state index is 5.97. The Kier molecular flexibility index (Phi) is 1.90. The highest BCUT2D eigenvalue weighted by atomic mass is 35.5. The van der Waals surface area contributed by atoms with E-state index in [0.717, 1.165) is 22.3 Å². The summed E-state index contributed by atoms with van der Waals surface area (Å²) in [6.45, 7) is 0.463. The third-order valence-electron chi connectivity index (χ3n) is 2.05. The number of fused-ring (bicyclic) bond motifs is 1. The van der Waals surface area contributed by atoms with Crippen molar-refractivity contribution in [2.45, 2.75) is 6.54 Å². The SMILES string of the molecule is NCc1cc2c(N)ccc(Cl)c2[nH]1. The van der Waals surface area contributed by atoms with Crippen molar-refractivity contribution in [2.75, 3.05) is 5.73 Å². The molecule has 1 heterocycles. The molecule has 0 bridgehead atoms. The molecule has 0 aliphatic carbocycles. The summed E-state index contributed by atoms with van der Waals surface area (Å²) < 4.78 is 0. The highest BCUT2D eigenvalue weighted by Crippen LogP contribution is 2.28. The van der Waals surface area contributed by atoms with E-state index in [1.807, 2.05) is 6.07 Å². The fraction of sp³-hybridized carbons (Fsp3) is 0.111. The quantitative estimate of drug-likeness (QED) is 0.608. The van der Waals surface area contributed by atoms with Gasteiger partial charge in [0.15, 0.2) is 0 Å². The molecule has 0 atom stereocenters. The fourth-order valence-electron chi connectivity index (χ4n) is 1.37. The molecule has 2 rings (SSSR count). The van der Waals surface area contributed by atoms with Crippen LogP contribution in [0.5, 0.6) is 0 Å². The molecule has 0 saturated carbocycles. The standard InChI is InChI=1S/C9H10ClN3/c10-7-1-2-8(12)6-3-5(4-11)13-9(6)7/h1-3,13H,4,11-12H2. The highest BCUT2D eigenvalue weighted by Gasteiger charge is 2.05. The lowest BCUT2D eigenvalue weighted by Gasteiger charge is -1.96. The van der Waals surface area contributed by atoms with Crippen molar-refractivity contribution in [1.29, 1.82) is 0 Å². The van der Waals surface area contributed by atoms with Crippen LogP contribution in [0.3, 0.4) is 0 Å². The number of aromatic amines is 1. The fourth-order valence-corrected chi connectivity index (χ4v) is 1.58. The van der Waals surface area contributed by atoms with Crippen LogP contribution in [0.25, 0.3) is 10.9 Å². The normalized spacial score (nSPS) is 10.9. The predicted octanol–water partition coefficient (Wildman–Crippen LogP) is 1.86. The molecule has 0 unspecified atom stereocenters. The number of H-pyrrole nitrogens is 1. The summed E-state index contributed by atoms with van der Waals surface area (Å²) >= 11 is 5.97. The topological polar surface area (TPSA) is 67.8 Å². The first kappa shape index (κ1) is 8.41. The number of anilines is 1. The number of halogens is 1. The molecule has 0 spiro atoms. The molecule has 0 aliphatic heterocycles. The molecule has 13 heavy (non-hydrogen) atoms. The van der Waals surface area contributed by atoms with E-state index in [9.17, 15) is 0 Å². The number of nitrogens with one attached hydrogen (secondary N) is 1. The van der Waals surface area contributed by atoms with Crippen LogP contribution in [0, 0.1) is 0 Å². The van der Waals surface area contributed by atoms with Gasteiger partial charge in [0.2, 0.25) is 0 Å². The van der Waals surface area contributed by atoms with Crippen molar-refractivity contribution in [3.8, 4) is 0 Å². The minimum atomic E-state index is 0.463. The molecule has 68 valence electrons. The zero-order valence-electron chi connectivity index (χ0n) is 6.97. The van der Waals surface area contributed by atoms with E-state index in [-0.39, 0.29) is 0 Å². The molecule has 4 heteroatoms. The number of nitrogen functional groups attached to an aromatic ring is 1. The van der Waals surface area contributed by atoms with Crippen LogP contribution in [0.15, 0.2) is 18.2 Å². The number of rotatable bonds is 1. The monoisotopic (exact) mass is 195 g/mol. The van der Waals surface area contributed by atoms with Gasteiger partial charge in [0.25, 0.3) is 0 Å². The highest BCUT2D eigenvalue weighted by molar-refractivity contribution is 6.35. The third kappa shape index (κ3) is 1.26. The lowest BCUT2D eigenvalue weighted by atomic mass is 10.2. The minimum absolute atomic E-state index is 0.463. The number of benzene rings is 1. The van der Waals surface area contributed by atoms with Crippen LogP contribution in [0.2, 0.25) is 5.02 Å². The Labute approximate surface area is 80.7 Å². The van der Waals surface area contributed by atoms with Crippen LogP contribution >= 0.6 is 11.6 Å². The van der Waals surface area contributed by atoms with Gasteiger partial charge in [-0.05, 0) is 18.2 Å². The maximum Gasteiger partial charge on any atom is 0.0666 e. The van der Waals surface area contributed by atoms with Crippen molar-refractivity contribution < 1.29 is 0 Å². The van der Waals surface area contributed by atoms with Crippen LogP contribution in [-0.4, -0.2) is 4.98 Å². The Bertz CT molecular complexity index is 408. The first-order valence-electron chi connectivity index (χ1n) is 3.98. The molecule has 0 saturated heterocycles. The lowest BCUT2D eigenvalue weighted by Crippen LogP contribution is -1.95. The summed E-state index contributed by atoms with van der Waals surface area (Å²) in [5, 5.41) is 1.61. The average Bonchev–Trinajstić information content (AvgIpc) is 2.56. The number of nitrogens with two attached hydrogens (primary N) is 2. The van der Waals surface area contributed by atoms with Gasteiger partial charge in [0, 0.05) is 23.3 Å². The number of hydrogen-bond acceptors (Lipinski definition) is 2. The minimum Gasteiger partial charge on any atom is -0.398 e. The van der Waals surface area contributed by atoms with Crippen molar-refractivity contribution in [3.05, 3.63) is 28.9 Å². The molecule has 5 N–H and O–H groups in total. The van der Waals surface area contributed by atoms with Crippen molar-refractivity contribution in [2.24, 2.45) is 5.73 Å². The van der Waals surface area contributed by atoms with E-state index >= 15 is 0 Å². The van der Waals surface area contributed by atoms with Crippen molar-refractivity contribution >= 4 is 28.2 Å². The van der Waals surface area contributed by atoms with Crippen molar-refractivity contribution in [1.82, 2.24) is 4.98 Å². The zero-order chi connectivity index (χ0) is 9.42. The Morgan fingerprint density at radius 1 is 1.38 bits per heavy atom. The maximum absolute atomic E-state index is 5.97. The second-order valence-electron chi connectivity index (χ2n) is 2.92. The van der Waals surface area contributed by atoms with E-state index in [0.29, 0.717) is 11.6 Å². The first-order valence-corrected chi connectivity index (χ1v) is 4.36. The number of aromatic nitrogens is 1. The molecule has 2 aromatic rings. The molecule has 1 aromatic heterocycles. The Hall–Kier alpha value is -1.19. The summed E-state index contributed by atoms with van der Waals surface area (Å²) in [7, 11) is 0. The van der Waals surface area contributed by atoms with Crippen LogP contribution < -0.4 is 11.5 Å². The smallest absolute Gasteiger partial charge is 0.0666 e. The van der Waals surface area contributed by atoms with E-state index in [2.05, 4.69) is 4.98 Å². The van der Waals surface area contributed by atoms with E-state index < -0.39 is 0 Å². The van der Waals surface area contributed by atoms with Crippen LogP contribution in [0.1, 0.15) is 5.69 Å². The summed E-state index contributed by atoms with van der Waals surface area (Å²) in [4.78, 5) is 3.12. The van der Waals surface area contributed by atoms with Gasteiger partial charge in [0.05, 0.1) is 10.5 Å². The van der Waals surface area contributed by atoms with Crippen molar-refractivity contribution in [3.63, 3.8) is 0 Å². The molecule has 0 fully saturated rings. The second kappa shape index (κ2) is 2.94. The van der Waals surface area contributed by atoms with Gasteiger partial charge in [-0.1, -0.05) is 11.6 Å². The van der Waals surface area contributed by atoms with Crippen LogP contribution in [0.4, 0.5) is 5.69 Å². The summed E-state index contributed by atoms with van der Waals surface area (Å²) in [6.07, 6.45) is 0. The summed E-state index contributed by atoms with van der Waals surface area (Å²) in [6, 6.07) is 5.49. The Morgan fingerprint density at radius 3 is 2.77 bits per heavy atom. The van der Waals surface area contributed by atoms with E-state index in [1.165, 1.54) is 0 Å². The molecule has 0 radical (unpaired) electrons. The van der Waals surface area contributed by atoms with Gasteiger partial charge in [-0.25, -0.2) is 0 Å². The van der Waals surface area contributed by atoms with Gasteiger partial charge in [-0.15, -0.1) is 0 Å². The van der Waals surface area contributed by atoms with Crippen LogP contribution in [-0.2, 0) is 6.54 Å². The van der Waals surface area contributed by atoms with Gasteiger partial charge in [0.1, 0.15) is 0 Å². The molecule has 0 amide bonds. The molecule has 0 aliphatic rings. The molecular formula is C9H10ClN3. The van der Waals surface area contributed by atoms with Gasteiger partial charge in [-0.2, -0.15) is 0 Å².